The molecule has 5 rings (SSSR count). The lowest BCUT2D eigenvalue weighted by Crippen LogP contribution is -2.17. The molecule has 246 valence electrons. The number of ether oxygens (including phenoxy) is 4. The molecular weight excluding hydrogens is 608 g/mol. The maximum absolute atomic E-state index is 12.0. The second-order valence-electron chi connectivity index (χ2n) is 11.5. The summed E-state index contributed by atoms with van der Waals surface area (Å²) in [5, 5.41) is 31.8. The highest BCUT2D eigenvalue weighted by atomic mass is 16.6. The van der Waals surface area contributed by atoms with Crippen molar-refractivity contribution in [1.82, 2.24) is 10.3 Å². The molecule has 0 atom stereocenters. The van der Waals surface area contributed by atoms with E-state index in [1.54, 1.807) is 12.3 Å². The number of aliphatic hydroxyl groups is 1. The van der Waals surface area contributed by atoms with Crippen molar-refractivity contribution in [2.75, 3.05) is 26.4 Å². The summed E-state index contributed by atoms with van der Waals surface area (Å²) in [5.41, 5.74) is 5.90. The molecular formula is C38H38N4O6. The Morgan fingerprint density at radius 2 is 1.73 bits per heavy atom. The van der Waals surface area contributed by atoms with Crippen molar-refractivity contribution in [2.45, 2.75) is 52.4 Å². The molecule has 0 saturated carbocycles. The van der Waals surface area contributed by atoms with Crippen LogP contribution in [0.2, 0.25) is 0 Å². The number of rotatable bonds is 16. The van der Waals surface area contributed by atoms with Crippen LogP contribution < -0.4 is 24.3 Å². The van der Waals surface area contributed by atoms with E-state index < -0.39 is 0 Å². The Hall–Kier alpha value is -5.42. The van der Waals surface area contributed by atoms with Gasteiger partial charge in [0, 0.05) is 61.1 Å². The van der Waals surface area contributed by atoms with Gasteiger partial charge in [0.2, 0.25) is 0 Å². The van der Waals surface area contributed by atoms with Gasteiger partial charge in [0.1, 0.15) is 55.8 Å². The molecule has 3 aromatic carbocycles. The van der Waals surface area contributed by atoms with Crippen LogP contribution in [0.25, 0.3) is 11.1 Å². The normalized spacial score (nSPS) is 11.8. The summed E-state index contributed by atoms with van der Waals surface area (Å²) in [6, 6.07) is 21.4. The average Bonchev–Trinajstić information content (AvgIpc) is 3.12. The van der Waals surface area contributed by atoms with Gasteiger partial charge in [-0.15, -0.1) is 0 Å². The van der Waals surface area contributed by atoms with Gasteiger partial charge in [0.25, 0.3) is 0 Å². The lowest BCUT2D eigenvalue weighted by molar-refractivity contribution is -0.119. The molecule has 2 N–H and O–H groups in total. The van der Waals surface area contributed by atoms with Gasteiger partial charge < -0.3 is 29.4 Å². The Bertz CT molecular complexity index is 1830. The van der Waals surface area contributed by atoms with E-state index >= 15 is 0 Å². The van der Waals surface area contributed by atoms with Crippen LogP contribution in [0.1, 0.15) is 59.1 Å². The lowest BCUT2D eigenvalue weighted by Gasteiger charge is -2.19. The number of carbonyl (C=O) groups is 1. The number of pyridine rings is 1. The second-order valence-corrected chi connectivity index (χ2v) is 11.5. The number of nitrogens with one attached hydrogen (secondary N) is 1. The summed E-state index contributed by atoms with van der Waals surface area (Å²) in [6.07, 6.45) is 5.22. The molecule has 0 amide bonds. The first-order valence-electron chi connectivity index (χ1n) is 16.0. The van der Waals surface area contributed by atoms with Gasteiger partial charge in [-0.3, -0.25) is 9.78 Å². The molecule has 0 unspecified atom stereocenters. The molecule has 1 aromatic heterocycles. The number of carbonyl (C=O) groups excluding carboxylic acids is 1. The van der Waals surface area contributed by atoms with Crippen molar-refractivity contribution in [1.29, 1.82) is 10.5 Å². The first kappa shape index (κ1) is 33.9. The third-order valence-corrected chi connectivity index (χ3v) is 7.91. The summed E-state index contributed by atoms with van der Waals surface area (Å²) >= 11 is 0. The van der Waals surface area contributed by atoms with Crippen molar-refractivity contribution in [3.8, 4) is 46.3 Å². The monoisotopic (exact) mass is 646 g/mol. The number of fused-ring (bicyclic) bond motifs is 1. The minimum Gasteiger partial charge on any atom is -0.488 e. The number of benzene rings is 3. The SMILES string of the molecule is Cc1cc(CNCCCC(=O)CCCO)c(OCc2cncc(C#N)c2)cc1OCc1cccc(-c2ccc3c(c2)OCCO3)c1C#N. The van der Waals surface area contributed by atoms with Crippen LogP contribution in [0.3, 0.4) is 0 Å². The Morgan fingerprint density at radius 3 is 2.54 bits per heavy atom. The fourth-order valence-electron chi connectivity index (χ4n) is 5.44. The number of Topliss-reactive ketones (excluding diaryl/α,β-unsaturated/α-hetero) is 1. The zero-order valence-electron chi connectivity index (χ0n) is 27.0. The number of aromatic nitrogens is 1. The smallest absolute Gasteiger partial charge is 0.161 e. The third-order valence-electron chi connectivity index (χ3n) is 7.91. The number of nitrogens with zero attached hydrogens (tertiary/aromatic N) is 3. The van der Waals surface area contributed by atoms with Crippen LogP contribution in [0, 0.1) is 29.6 Å². The van der Waals surface area contributed by atoms with Crippen LogP contribution in [-0.2, 0) is 24.6 Å². The molecule has 48 heavy (non-hydrogen) atoms. The molecule has 0 spiro atoms. The minimum absolute atomic E-state index is 0.0235. The molecule has 1 aliphatic heterocycles. The molecule has 0 aliphatic carbocycles. The molecule has 0 saturated heterocycles. The van der Waals surface area contributed by atoms with E-state index in [4.69, 9.17) is 24.1 Å². The highest BCUT2D eigenvalue weighted by Gasteiger charge is 2.17. The molecule has 10 heteroatoms. The third kappa shape index (κ3) is 8.89. The summed E-state index contributed by atoms with van der Waals surface area (Å²) in [4.78, 5) is 16.1. The molecule has 10 nitrogen and oxygen atoms in total. The highest BCUT2D eigenvalue weighted by Crippen LogP contribution is 2.37. The van der Waals surface area contributed by atoms with Crippen LogP contribution in [0.15, 0.2) is 67.0 Å². The Balaban J connectivity index is 1.32. The number of aliphatic hydroxyl groups excluding tert-OH is 1. The Kier molecular flexibility index (Phi) is 12.0. The van der Waals surface area contributed by atoms with Gasteiger partial charge in [0.05, 0.1) is 11.1 Å². The fraction of sp³-hybridized carbons (Fsp3) is 0.316. The minimum atomic E-state index is 0.0235. The maximum atomic E-state index is 12.0. The first-order valence-corrected chi connectivity index (χ1v) is 16.0. The van der Waals surface area contributed by atoms with Crippen LogP contribution in [0.5, 0.6) is 23.0 Å². The van der Waals surface area contributed by atoms with Crippen molar-refractivity contribution < 1.29 is 28.8 Å². The van der Waals surface area contributed by atoms with E-state index in [1.807, 2.05) is 55.5 Å². The van der Waals surface area contributed by atoms with Crippen LogP contribution >= 0.6 is 0 Å². The van der Waals surface area contributed by atoms with Gasteiger partial charge in [-0.25, -0.2) is 0 Å². The molecule has 0 bridgehead atoms. The Labute approximate surface area is 280 Å². The number of nitriles is 2. The summed E-state index contributed by atoms with van der Waals surface area (Å²) < 4.78 is 24.0. The molecule has 1 aliphatic rings. The highest BCUT2D eigenvalue weighted by molar-refractivity contribution is 5.78. The van der Waals surface area contributed by atoms with Crippen LogP contribution in [-0.4, -0.2) is 42.2 Å². The second kappa shape index (κ2) is 16.9. The largest absolute Gasteiger partial charge is 0.488 e. The van der Waals surface area contributed by atoms with E-state index in [2.05, 4.69) is 22.4 Å². The average molecular weight is 647 g/mol. The standard InChI is InChI=1S/C38H38N4O6/c1-26-15-31(23-41-11-3-6-32(44)7-4-12-43)37(47-24-28-16-27(19-39)21-42-22-28)18-36(26)48-25-30-5-2-8-33(34(30)20-40)29-9-10-35-38(17-29)46-14-13-45-35/h2,5,8-10,15-18,21-22,41,43H,3-4,6-7,11-14,23-25H2,1H3. The fourth-order valence-corrected chi connectivity index (χ4v) is 5.44. The van der Waals surface area contributed by atoms with Gasteiger partial charge >= 0.3 is 0 Å². The first-order chi connectivity index (χ1) is 23.5. The van der Waals surface area contributed by atoms with Gasteiger partial charge in [-0.2, -0.15) is 10.5 Å². The zero-order valence-corrected chi connectivity index (χ0v) is 27.0. The van der Waals surface area contributed by atoms with Gasteiger partial charge in [-0.05, 0) is 67.3 Å². The number of ketones is 1. The van der Waals surface area contributed by atoms with Gasteiger partial charge in [-0.1, -0.05) is 24.3 Å². The number of aryl methyl sites for hydroxylation is 1. The Morgan fingerprint density at radius 1 is 0.917 bits per heavy atom. The van der Waals surface area contributed by atoms with Crippen molar-refractivity contribution in [2.24, 2.45) is 0 Å². The van der Waals surface area contributed by atoms with E-state index in [1.165, 1.54) is 6.20 Å². The van der Waals surface area contributed by atoms with E-state index in [9.17, 15) is 15.3 Å². The summed E-state index contributed by atoms with van der Waals surface area (Å²) in [7, 11) is 0. The van der Waals surface area contributed by atoms with E-state index in [0.29, 0.717) is 86.1 Å². The van der Waals surface area contributed by atoms with Crippen LogP contribution in [0.4, 0.5) is 0 Å². The van der Waals surface area contributed by atoms with Crippen molar-refractivity contribution >= 4 is 5.78 Å². The van der Waals surface area contributed by atoms with Crippen molar-refractivity contribution in [3.05, 3.63) is 100 Å². The predicted molar refractivity (Wildman–Crippen MR) is 179 cm³/mol. The molecule has 0 radical (unpaired) electrons. The summed E-state index contributed by atoms with van der Waals surface area (Å²) in [6.45, 7) is 4.49. The van der Waals surface area contributed by atoms with Gasteiger partial charge in [0.15, 0.2) is 11.5 Å². The zero-order chi connectivity index (χ0) is 33.7. The maximum Gasteiger partial charge on any atom is 0.161 e. The molecule has 2 heterocycles. The molecule has 0 fully saturated rings. The van der Waals surface area contributed by atoms with Crippen molar-refractivity contribution in [3.63, 3.8) is 0 Å². The quantitative estimate of drug-likeness (QED) is 0.140. The molecule has 4 aromatic rings. The summed E-state index contributed by atoms with van der Waals surface area (Å²) in [5.74, 6) is 2.71. The topological polar surface area (TPSA) is 147 Å². The van der Waals surface area contributed by atoms with E-state index in [0.717, 1.165) is 33.4 Å². The number of hydrogen-bond donors (Lipinski definition) is 2. The lowest BCUT2D eigenvalue weighted by atomic mass is 9.96. The van der Waals surface area contributed by atoms with E-state index in [-0.39, 0.29) is 25.6 Å². The predicted octanol–water partition coefficient (Wildman–Crippen LogP) is 5.94. The number of hydrogen-bond acceptors (Lipinski definition) is 10.